The van der Waals surface area contributed by atoms with Gasteiger partial charge in [-0.25, -0.2) is 18.4 Å². The van der Waals surface area contributed by atoms with Gasteiger partial charge in [-0.15, -0.1) is 0 Å². The number of aryl methyl sites for hydroxylation is 1. The molecule has 3 aromatic rings. The molecule has 0 unspecified atom stereocenters. The average molecular weight is 416 g/mol. The quantitative estimate of drug-likeness (QED) is 0.621. The third kappa shape index (κ3) is 4.14. The zero-order valence-corrected chi connectivity index (χ0v) is 16.5. The zero-order valence-electron chi connectivity index (χ0n) is 13.3. The van der Waals surface area contributed by atoms with Crippen molar-refractivity contribution in [1.29, 1.82) is 0 Å². The van der Waals surface area contributed by atoms with Crippen LogP contribution in [0.5, 0.6) is 0 Å². The summed E-state index contributed by atoms with van der Waals surface area (Å²) < 4.78 is 33.6. The maximum atomic E-state index is 12.5. The molecule has 132 valence electrons. The summed E-state index contributed by atoms with van der Waals surface area (Å²) in [6.07, 6.45) is 3.56. The van der Waals surface area contributed by atoms with Crippen molar-refractivity contribution in [3.8, 4) is 0 Å². The molecule has 0 radical (unpaired) electrons. The molecule has 0 aliphatic carbocycles. The van der Waals surface area contributed by atoms with Crippen LogP contribution in [0.25, 0.3) is 0 Å². The second kappa shape index (κ2) is 7.32. The van der Waals surface area contributed by atoms with Gasteiger partial charge >= 0.3 is 0 Å². The molecule has 11 heteroatoms. The van der Waals surface area contributed by atoms with Crippen LogP contribution in [0.4, 0.5) is 5.13 Å². The van der Waals surface area contributed by atoms with Gasteiger partial charge < -0.3 is 4.57 Å². The first-order chi connectivity index (χ1) is 11.9. The first-order valence-corrected chi connectivity index (χ1v) is 10.7. The SMILES string of the molecule is Cc1c(Cl)cccc1S(=O)(=O)Nc1nc(CSc2nccn2C)ns1. The molecular weight excluding hydrogens is 402 g/mol. The predicted octanol–water partition coefficient (Wildman–Crippen LogP) is 3.33. The van der Waals surface area contributed by atoms with Gasteiger partial charge in [-0.05, 0) is 24.6 Å². The molecule has 0 aliphatic heterocycles. The van der Waals surface area contributed by atoms with Crippen LogP contribution in [0, 0.1) is 6.92 Å². The molecule has 2 heterocycles. The Bertz CT molecular complexity index is 1000. The van der Waals surface area contributed by atoms with E-state index in [1.165, 1.54) is 17.8 Å². The number of sulfonamides is 1. The van der Waals surface area contributed by atoms with Crippen LogP contribution in [0.2, 0.25) is 5.02 Å². The van der Waals surface area contributed by atoms with E-state index in [0.29, 0.717) is 22.2 Å². The molecule has 0 fully saturated rings. The van der Waals surface area contributed by atoms with Crippen molar-refractivity contribution in [1.82, 2.24) is 18.9 Å². The Kier molecular flexibility index (Phi) is 5.32. The van der Waals surface area contributed by atoms with Crippen LogP contribution in [0.1, 0.15) is 11.4 Å². The molecule has 0 amide bonds. The molecule has 1 aromatic carbocycles. The molecule has 7 nitrogen and oxygen atoms in total. The number of anilines is 1. The largest absolute Gasteiger partial charge is 0.329 e. The van der Waals surface area contributed by atoms with Crippen molar-refractivity contribution in [3.63, 3.8) is 0 Å². The Morgan fingerprint density at radius 2 is 2.20 bits per heavy atom. The summed E-state index contributed by atoms with van der Waals surface area (Å²) >= 11 is 8.48. The minimum Gasteiger partial charge on any atom is -0.329 e. The summed E-state index contributed by atoms with van der Waals surface area (Å²) in [5.41, 5.74) is 0.492. The Morgan fingerprint density at radius 3 is 2.92 bits per heavy atom. The number of rotatable bonds is 6. The highest BCUT2D eigenvalue weighted by atomic mass is 35.5. The number of thioether (sulfide) groups is 1. The third-order valence-electron chi connectivity index (χ3n) is 3.30. The van der Waals surface area contributed by atoms with Crippen molar-refractivity contribution in [2.24, 2.45) is 7.05 Å². The van der Waals surface area contributed by atoms with Crippen molar-refractivity contribution in [2.45, 2.75) is 22.7 Å². The molecule has 25 heavy (non-hydrogen) atoms. The summed E-state index contributed by atoms with van der Waals surface area (Å²) in [5.74, 6) is 1.04. The van der Waals surface area contributed by atoms with Gasteiger partial charge in [0.1, 0.15) is 0 Å². The van der Waals surface area contributed by atoms with Gasteiger partial charge in [0.2, 0.25) is 5.13 Å². The number of hydrogen-bond donors (Lipinski definition) is 1. The molecule has 0 saturated carbocycles. The normalized spacial score (nSPS) is 11.6. The summed E-state index contributed by atoms with van der Waals surface area (Å²) in [7, 11) is -1.87. The zero-order chi connectivity index (χ0) is 18.0. The summed E-state index contributed by atoms with van der Waals surface area (Å²) in [5, 5.41) is 1.45. The fourth-order valence-electron chi connectivity index (χ4n) is 2.02. The molecular formula is C14H14ClN5O2S3. The molecule has 0 saturated heterocycles. The van der Waals surface area contributed by atoms with Gasteiger partial charge in [-0.3, -0.25) is 4.72 Å². The summed E-state index contributed by atoms with van der Waals surface area (Å²) in [6, 6.07) is 4.75. The molecule has 1 N–H and O–H groups in total. The number of nitrogens with zero attached hydrogens (tertiary/aromatic N) is 4. The summed E-state index contributed by atoms with van der Waals surface area (Å²) in [6.45, 7) is 1.66. The van der Waals surface area contributed by atoms with E-state index in [-0.39, 0.29) is 10.0 Å². The smallest absolute Gasteiger partial charge is 0.264 e. The van der Waals surface area contributed by atoms with E-state index in [9.17, 15) is 8.42 Å². The van der Waals surface area contributed by atoms with E-state index in [4.69, 9.17) is 11.6 Å². The average Bonchev–Trinajstić information content (AvgIpc) is 3.16. The number of benzene rings is 1. The topological polar surface area (TPSA) is 89.8 Å². The lowest BCUT2D eigenvalue weighted by atomic mass is 10.2. The highest BCUT2D eigenvalue weighted by Crippen LogP contribution is 2.26. The van der Waals surface area contributed by atoms with Crippen LogP contribution < -0.4 is 4.72 Å². The van der Waals surface area contributed by atoms with Crippen molar-refractivity contribution >= 4 is 50.1 Å². The highest BCUT2D eigenvalue weighted by Gasteiger charge is 2.20. The monoisotopic (exact) mass is 415 g/mol. The fraction of sp³-hybridized carbons (Fsp3) is 0.214. The predicted molar refractivity (Wildman–Crippen MR) is 99.7 cm³/mol. The second-order valence-corrected chi connectivity index (χ2v) is 8.85. The molecule has 0 aliphatic rings. The molecule has 2 aromatic heterocycles. The van der Waals surface area contributed by atoms with Gasteiger partial charge in [0, 0.05) is 36.0 Å². The van der Waals surface area contributed by atoms with Crippen molar-refractivity contribution in [3.05, 3.63) is 47.0 Å². The second-order valence-electron chi connectivity index (χ2n) is 5.09. The number of nitrogens with one attached hydrogen (secondary N) is 1. The molecule has 3 rings (SSSR count). The molecule has 0 atom stereocenters. The van der Waals surface area contributed by atoms with Crippen LogP contribution in [0.15, 0.2) is 40.6 Å². The third-order valence-corrected chi connectivity index (χ3v) is 7.05. The van der Waals surface area contributed by atoms with Crippen LogP contribution in [-0.2, 0) is 22.8 Å². The van der Waals surface area contributed by atoms with Crippen LogP contribution in [-0.4, -0.2) is 27.3 Å². The Labute approximate surface area is 158 Å². The first-order valence-electron chi connectivity index (χ1n) is 7.07. The minimum atomic E-state index is -3.77. The molecule has 0 bridgehead atoms. The van der Waals surface area contributed by atoms with E-state index in [0.717, 1.165) is 16.7 Å². The maximum Gasteiger partial charge on any atom is 0.264 e. The number of hydrogen-bond acceptors (Lipinski definition) is 7. The lowest BCUT2D eigenvalue weighted by Gasteiger charge is -2.08. The summed E-state index contributed by atoms with van der Waals surface area (Å²) in [4.78, 5) is 8.56. The molecule has 0 spiro atoms. The van der Waals surface area contributed by atoms with Crippen LogP contribution >= 0.6 is 34.9 Å². The Morgan fingerprint density at radius 1 is 1.40 bits per heavy atom. The number of halogens is 1. The van der Waals surface area contributed by atoms with Gasteiger partial charge in [0.25, 0.3) is 10.0 Å². The Balaban J connectivity index is 1.72. The standard InChI is InChI=1S/C14H14ClN5O2S3/c1-9-10(15)4-3-5-11(9)25(21,22)19-13-17-12(18-24-13)8-23-14-16-6-7-20(14)2/h3-7H,8H2,1-2H3,(H,17,18,19). The lowest BCUT2D eigenvalue weighted by Crippen LogP contribution is -2.14. The number of aromatic nitrogens is 4. The van der Waals surface area contributed by atoms with Gasteiger partial charge in [0.15, 0.2) is 11.0 Å². The Hall–Kier alpha value is -1.62. The van der Waals surface area contributed by atoms with Crippen molar-refractivity contribution < 1.29 is 8.42 Å². The van der Waals surface area contributed by atoms with Gasteiger partial charge in [-0.1, -0.05) is 29.4 Å². The highest BCUT2D eigenvalue weighted by molar-refractivity contribution is 7.98. The number of imidazole rings is 1. The fourth-order valence-corrected chi connectivity index (χ4v) is 5.20. The van der Waals surface area contributed by atoms with E-state index in [1.807, 2.05) is 17.8 Å². The van der Waals surface area contributed by atoms with E-state index in [2.05, 4.69) is 19.1 Å². The minimum absolute atomic E-state index is 0.124. The van der Waals surface area contributed by atoms with E-state index in [1.54, 1.807) is 25.3 Å². The van der Waals surface area contributed by atoms with Crippen molar-refractivity contribution in [2.75, 3.05) is 4.72 Å². The lowest BCUT2D eigenvalue weighted by molar-refractivity contribution is 0.600. The maximum absolute atomic E-state index is 12.5. The van der Waals surface area contributed by atoms with E-state index >= 15 is 0 Å². The van der Waals surface area contributed by atoms with Gasteiger partial charge in [-0.2, -0.15) is 4.37 Å². The van der Waals surface area contributed by atoms with Gasteiger partial charge in [0.05, 0.1) is 10.6 Å². The first kappa shape index (κ1) is 18.2. The van der Waals surface area contributed by atoms with Crippen LogP contribution in [0.3, 0.4) is 0 Å². The van der Waals surface area contributed by atoms with E-state index < -0.39 is 10.0 Å².